The Morgan fingerprint density at radius 2 is 1.85 bits per heavy atom. The zero-order valence-corrected chi connectivity index (χ0v) is 9.76. The molecule has 0 aliphatic carbocycles. The van der Waals surface area contributed by atoms with Gasteiger partial charge < -0.3 is 10.1 Å². The number of nitrogens with one attached hydrogen (secondary N) is 1. The van der Waals surface area contributed by atoms with E-state index in [9.17, 15) is 0 Å². The quantitative estimate of drug-likeness (QED) is 0.661. The van der Waals surface area contributed by atoms with Crippen molar-refractivity contribution in [3.8, 4) is 0 Å². The minimum atomic E-state index is 0.319. The van der Waals surface area contributed by atoms with E-state index in [1.807, 2.05) is 0 Å². The molecule has 0 rings (SSSR count). The number of rotatable bonds is 7. The maximum Gasteiger partial charge on any atom is 0.0667 e. The summed E-state index contributed by atoms with van der Waals surface area (Å²) in [5, 5.41) is 3.47. The van der Waals surface area contributed by atoms with Crippen molar-refractivity contribution >= 4 is 0 Å². The average Bonchev–Trinajstić information content (AvgIpc) is 2.13. The van der Waals surface area contributed by atoms with Crippen LogP contribution >= 0.6 is 0 Å². The standard InChI is InChI=1S/C11H25NO/c1-6-9(2)7-10(3)12-8-11(4)13-5/h9-12H,6-8H2,1-5H3. The lowest BCUT2D eigenvalue weighted by molar-refractivity contribution is 0.114. The van der Waals surface area contributed by atoms with E-state index in [2.05, 4.69) is 33.0 Å². The zero-order chi connectivity index (χ0) is 10.3. The number of hydrogen-bond donors (Lipinski definition) is 1. The molecule has 0 aromatic carbocycles. The topological polar surface area (TPSA) is 21.3 Å². The summed E-state index contributed by atoms with van der Waals surface area (Å²) in [4.78, 5) is 0. The van der Waals surface area contributed by atoms with Gasteiger partial charge in [0, 0.05) is 19.7 Å². The van der Waals surface area contributed by atoms with E-state index in [1.54, 1.807) is 7.11 Å². The first-order valence-corrected chi connectivity index (χ1v) is 5.36. The molecule has 0 saturated carbocycles. The molecule has 3 unspecified atom stereocenters. The Kier molecular flexibility index (Phi) is 7.29. The van der Waals surface area contributed by atoms with Gasteiger partial charge in [0.1, 0.15) is 0 Å². The van der Waals surface area contributed by atoms with Crippen LogP contribution in [0.3, 0.4) is 0 Å². The van der Waals surface area contributed by atoms with Crippen molar-refractivity contribution in [2.24, 2.45) is 5.92 Å². The summed E-state index contributed by atoms with van der Waals surface area (Å²) in [6, 6.07) is 0.604. The molecule has 0 saturated heterocycles. The van der Waals surface area contributed by atoms with E-state index >= 15 is 0 Å². The van der Waals surface area contributed by atoms with Crippen LogP contribution in [0.1, 0.15) is 40.5 Å². The van der Waals surface area contributed by atoms with E-state index in [1.165, 1.54) is 12.8 Å². The highest BCUT2D eigenvalue weighted by Crippen LogP contribution is 2.09. The maximum atomic E-state index is 5.17. The van der Waals surface area contributed by atoms with E-state index < -0.39 is 0 Å². The van der Waals surface area contributed by atoms with Crippen LogP contribution < -0.4 is 5.32 Å². The van der Waals surface area contributed by atoms with Gasteiger partial charge in [-0.25, -0.2) is 0 Å². The lowest BCUT2D eigenvalue weighted by Crippen LogP contribution is -2.34. The summed E-state index contributed by atoms with van der Waals surface area (Å²) >= 11 is 0. The van der Waals surface area contributed by atoms with Crippen LogP contribution in [0.15, 0.2) is 0 Å². The van der Waals surface area contributed by atoms with Crippen molar-refractivity contribution in [1.82, 2.24) is 5.32 Å². The molecular formula is C11H25NO. The lowest BCUT2D eigenvalue weighted by Gasteiger charge is -2.19. The monoisotopic (exact) mass is 187 g/mol. The molecule has 0 radical (unpaired) electrons. The summed E-state index contributed by atoms with van der Waals surface area (Å²) in [6.45, 7) is 9.83. The second-order valence-corrected chi connectivity index (χ2v) is 4.10. The Bertz CT molecular complexity index is 117. The van der Waals surface area contributed by atoms with Crippen LogP contribution in [0.2, 0.25) is 0 Å². The third-order valence-electron chi connectivity index (χ3n) is 2.61. The Morgan fingerprint density at radius 1 is 1.23 bits per heavy atom. The van der Waals surface area contributed by atoms with Crippen molar-refractivity contribution in [3.05, 3.63) is 0 Å². The van der Waals surface area contributed by atoms with Crippen molar-refractivity contribution in [2.45, 2.75) is 52.7 Å². The summed E-state index contributed by atoms with van der Waals surface area (Å²) in [5.41, 5.74) is 0. The van der Waals surface area contributed by atoms with Gasteiger partial charge in [-0.15, -0.1) is 0 Å². The summed E-state index contributed by atoms with van der Waals surface area (Å²) < 4.78 is 5.17. The molecule has 1 N–H and O–H groups in total. The molecule has 80 valence electrons. The summed E-state index contributed by atoms with van der Waals surface area (Å²) in [5.74, 6) is 0.820. The van der Waals surface area contributed by atoms with Crippen molar-refractivity contribution in [3.63, 3.8) is 0 Å². The fourth-order valence-electron chi connectivity index (χ4n) is 1.30. The van der Waals surface area contributed by atoms with Gasteiger partial charge in [0.05, 0.1) is 6.10 Å². The summed E-state index contributed by atoms with van der Waals surface area (Å²) in [6.07, 6.45) is 2.85. The van der Waals surface area contributed by atoms with Crippen LogP contribution in [0.5, 0.6) is 0 Å². The van der Waals surface area contributed by atoms with Gasteiger partial charge in [0.15, 0.2) is 0 Å². The Balaban J connectivity index is 3.45. The van der Waals surface area contributed by atoms with Gasteiger partial charge in [-0.1, -0.05) is 20.3 Å². The van der Waals surface area contributed by atoms with Gasteiger partial charge in [-0.3, -0.25) is 0 Å². The third kappa shape index (κ3) is 7.03. The van der Waals surface area contributed by atoms with Crippen LogP contribution in [0.4, 0.5) is 0 Å². The van der Waals surface area contributed by atoms with Crippen LogP contribution in [0.25, 0.3) is 0 Å². The minimum absolute atomic E-state index is 0.319. The first-order chi connectivity index (χ1) is 6.10. The number of hydrogen-bond acceptors (Lipinski definition) is 2. The van der Waals surface area contributed by atoms with Crippen LogP contribution in [-0.4, -0.2) is 25.8 Å². The molecule has 0 bridgehead atoms. The van der Waals surface area contributed by atoms with Crippen molar-refractivity contribution in [2.75, 3.05) is 13.7 Å². The molecular weight excluding hydrogens is 162 g/mol. The molecule has 0 aliphatic rings. The number of methoxy groups -OCH3 is 1. The molecule has 2 heteroatoms. The van der Waals surface area contributed by atoms with Gasteiger partial charge in [-0.05, 0) is 26.2 Å². The molecule has 0 fully saturated rings. The van der Waals surface area contributed by atoms with E-state index in [0.29, 0.717) is 12.1 Å². The van der Waals surface area contributed by atoms with E-state index in [4.69, 9.17) is 4.74 Å². The minimum Gasteiger partial charge on any atom is -0.380 e. The molecule has 0 spiro atoms. The highest BCUT2D eigenvalue weighted by atomic mass is 16.5. The molecule has 13 heavy (non-hydrogen) atoms. The molecule has 0 heterocycles. The zero-order valence-electron chi connectivity index (χ0n) is 9.76. The summed E-state index contributed by atoms with van der Waals surface area (Å²) in [7, 11) is 1.76. The fraction of sp³-hybridized carbons (Fsp3) is 1.00. The van der Waals surface area contributed by atoms with Crippen molar-refractivity contribution < 1.29 is 4.74 Å². The Labute approximate surface area is 83.1 Å². The fourth-order valence-corrected chi connectivity index (χ4v) is 1.30. The first kappa shape index (κ1) is 12.9. The second-order valence-electron chi connectivity index (χ2n) is 4.10. The van der Waals surface area contributed by atoms with Gasteiger partial charge in [-0.2, -0.15) is 0 Å². The smallest absolute Gasteiger partial charge is 0.0667 e. The lowest BCUT2D eigenvalue weighted by atomic mass is 10.0. The molecule has 2 nitrogen and oxygen atoms in total. The van der Waals surface area contributed by atoms with E-state index in [0.717, 1.165) is 12.5 Å². The number of ether oxygens (including phenoxy) is 1. The molecule has 3 atom stereocenters. The van der Waals surface area contributed by atoms with E-state index in [-0.39, 0.29) is 0 Å². The van der Waals surface area contributed by atoms with Gasteiger partial charge >= 0.3 is 0 Å². The normalized spacial score (nSPS) is 18.2. The Hall–Kier alpha value is -0.0800. The molecule has 0 aliphatic heterocycles. The SMILES string of the molecule is CCC(C)CC(C)NCC(C)OC. The molecule has 0 amide bonds. The van der Waals surface area contributed by atoms with Crippen molar-refractivity contribution in [1.29, 1.82) is 0 Å². The third-order valence-corrected chi connectivity index (χ3v) is 2.61. The average molecular weight is 187 g/mol. The molecule has 0 aromatic rings. The predicted molar refractivity (Wildman–Crippen MR) is 58.0 cm³/mol. The maximum absolute atomic E-state index is 5.17. The highest BCUT2D eigenvalue weighted by Gasteiger charge is 2.07. The van der Waals surface area contributed by atoms with Crippen LogP contribution in [0, 0.1) is 5.92 Å². The highest BCUT2D eigenvalue weighted by molar-refractivity contribution is 4.66. The Morgan fingerprint density at radius 3 is 2.31 bits per heavy atom. The first-order valence-electron chi connectivity index (χ1n) is 5.36. The molecule has 0 aromatic heterocycles. The second kappa shape index (κ2) is 7.34. The largest absolute Gasteiger partial charge is 0.380 e. The van der Waals surface area contributed by atoms with Gasteiger partial charge in [0.2, 0.25) is 0 Å². The van der Waals surface area contributed by atoms with Gasteiger partial charge in [0.25, 0.3) is 0 Å². The van der Waals surface area contributed by atoms with Crippen LogP contribution in [-0.2, 0) is 4.74 Å². The predicted octanol–water partition coefficient (Wildman–Crippen LogP) is 2.44.